The fourth-order valence-corrected chi connectivity index (χ4v) is 2.82. The lowest BCUT2D eigenvalue weighted by molar-refractivity contribution is -0.137. The molecule has 0 aromatic heterocycles. The first kappa shape index (κ1) is 16.8. The van der Waals surface area contributed by atoms with Crippen molar-refractivity contribution in [2.75, 3.05) is 18.4 Å². The van der Waals surface area contributed by atoms with Gasteiger partial charge in [0.1, 0.15) is 0 Å². The maximum absolute atomic E-state index is 12.9. The molecule has 1 aliphatic rings. The smallest absolute Gasteiger partial charge is 0.324 e. The Morgan fingerprint density at radius 3 is 2.68 bits per heavy atom. The van der Waals surface area contributed by atoms with E-state index in [2.05, 4.69) is 12.2 Å². The summed E-state index contributed by atoms with van der Waals surface area (Å²) in [5, 5.41) is 2.43. The van der Waals surface area contributed by atoms with Crippen LogP contribution in [0.15, 0.2) is 24.3 Å². The van der Waals surface area contributed by atoms with Crippen molar-refractivity contribution in [2.24, 2.45) is 5.92 Å². The number of rotatable bonds is 3. The van der Waals surface area contributed by atoms with Crippen LogP contribution in [0.1, 0.15) is 32.3 Å². The lowest BCUT2D eigenvalue weighted by Gasteiger charge is -2.34. The minimum atomic E-state index is -4.48. The van der Waals surface area contributed by atoms with Gasteiger partial charge in [-0.2, -0.15) is 13.2 Å². The first-order valence-corrected chi connectivity index (χ1v) is 7.50. The Bertz CT molecular complexity index is 530. The summed E-state index contributed by atoms with van der Waals surface area (Å²) in [6.07, 6.45) is -2.34. The third kappa shape index (κ3) is 4.00. The SMILES string of the molecule is CC1CCCN(C(C)C(=O)Nc2ccccc2C(F)(F)F)C1. The van der Waals surface area contributed by atoms with Crippen LogP contribution in [0, 0.1) is 5.92 Å². The molecule has 0 bridgehead atoms. The zero-order valence-electron chi connectivity index (χ0n) is 12.8. The van der Waals surface area contributed by atoms with Crippen molar-refractivity contribution < 1.29 is 18.0 Å². The molecule has 122 valence electrons. The molecule has 1 amide bonds. The highest BCUT2D eigenvalue weighted by Crippen LogP contribution is 2.34. The van der Waals surface area contributed by atoms with E-state index < -0.39 is 23.7 Å². The standard InChI is InChI=1S/C16H21F3N2O/c1-11-6-5-9-21(10-11)12(2)15(22)20-14-8-4-3-7-13(14)16(17,18)19/h3-4,7-8,11-12H,5-6,9-10H2,1-2H3,(H,20,22). The summed E-state index contributed by atoms with van der Waals surface area (Å²) in [6, 6.07) is 4.62. The van der Waals surface area contributed by atoms with Gasteiger partial charge in [-0.1, -0.05) is 19.1 Å². The molecule has 3 nitrogen and oxygen atoms in total. The fourth-order valence-electron chi connectivity index (χ4n) is 2.82. The number of piperidine rings is 1. The van der Waals surface area contributed by atoms with E-state index in [-0.39, 0.29) is 5.69 Å². The molecule has 2 unspecified atom stereocenters. The van der Waals surface area contributed by atoms with Crippen molar-refractivity contribution >= 4 is 11.6 Å². The molecule has 2 rings (SSSR count). The summed E-state index contributed by atoms with van der Waals surface area (Å²) in [6.45, 7) is 5.47. The van der Waals surface area contributed by atoms with Crippen molar-refractivity contribution in [3.63, 3.8) is 0 Å². The molecule has 1 fully saturated rings. The number of halogens is 3. The molecule has 0 spiro atoms. The molecule has 1 aliphatic heterocycles. The average molecular weight is 314 g/mol. The number of carbonyl (C=O) groups is 1. The zero-order valence-corrected chi connectivity index (χ0v) is 12.8. The van der Waals surface area contributed by atoms with Crippen molar-refractivity contribution in [3.8, 4) is 0 Å². The number of alkyl halides is 3. The van der Waals surface area contributed by atoms with Crippen LogP contribution in [-0.2, 0) is 11.0 Å². The second-order valence-corrected chi connectivity index (χ2v) is 5.95. The topological polar surface area (TPSA) is 32.3 Å². The quantitative estimate of drug-likeness (QED) is 0.921. The van der Waals surface area contributed by atoms with Gasteiger partial charge in [-0.25, -0.2) is 0 Å². The van der Waals surface area contributed by atoms with Crippen LogP contribution >= 0.6 is 0 Å². The molecular weight excluding hydrogens is 293 g/mol. The number of benzene rings is 1. The monoisotopic (exact) mass is 314 g/mol. The van der Waals surface area contributed by atoms with E-state index in [1.807, 2.05) is 4.90 Å². The van der Waals surface area contributed by atoms with Gasteiger partial charge in [-0.05, 0) is 44.4 Å². The van der Waals surface area contributed by atoms with Gasteiger partial charge in [0.2, 0.25) is 5.91 Å². The summed E-state index contributed by atoms with van der Waals surface area (Å²) < 4.78 is 38.8. The number of para-hydroxylation sites is 1. The Balaban J connectivity index is 2.09. The molecule has 1 N–H and O–H groups in total. The summed E-state index contributed by atoms with van der Waals surface area (Å²) in [4.78, 5) is 14.3. The molecule has 6 heteroatoms. The number of hydrogen-bond acceptors (Lipinski definition) is 2. The third-order valence-corrected chi connectivity index (χ3v) is 4.11. The van der Waals surface area contributed by atoms with E-state index in [1.54, 1.807) is 6.92 Å². The minimum absolute atomic E-state index is 0.183. The highest BCUT2D eigenvalue weighted by atomic mass is 19.4. The molecule has 2 atom stereocenters. The van der Waals surface area contributed by atoms with Crippen molar-refractivity contribution in [2.45, 2.75) is 38.9 Å². The van der Waals surface area contributed by atoms with E-state index >= 15 is 0 Å². The lowest BCUT2D eigenvalue weighted by atomic mass is 9.99. The Hall–Kier alpha value is -1.56. The highest BCUT2D eigenvalue weighted by Gasteiger charge is 2.34. The van der Waals surface area contributed by atoms with Crippen LogP contribution in [0.2, 0.25) is 0 Å². The first-order chi connectivity index (χ1) is 10.3. The average Bonchev–Trinajstić information content (AvgIpc) is 2.46. The van der Waals surface area contributed by atoms with Gasteiger partial charge in [-0.3, -0.25) is 9.69 Å². The van der Waals surface area contributed by atoms with Crippen molar-refractivity contribution in [3.05, 3.63) is 29.8 Å². The Morgan fingerprint density at radius 2 is 2.05 bits per heavy atom. The molecule has 1 heterocycles. The van der Waals surface area contributed by atoms with E-state index in [0.717, 1.165) is 32.0 Å². The number of anilines is 1. The van der Waals surface area contributed by atoms with Gasteiger partial charge in [0.05, 0.1) is 17.3 Å². The van der Waals surface area contributed by atoms with Gasteiger partial charge >= 0.3 is 6.18 Å². The van der Waals surface area contributed by atoms with Crippen molar-refractivity contribution in [1.82, 2.24) is 4.90 Å². The van der Waals surface area contributed by atoms with Crippen LogP contribution in [0.25, 0.3) is 0 Å². The summed E-state index contributed by atoms with van der Waals surface area (Å²) in [7, 11) is 0. The zero-order chi connectivity index (χ0) is 16.3. The van der Waals surface area contributed by atoms with Gasteiger partial charge in [0.15, 0.2) is 0 Å². The molecule has 22 heavy (non-hydrogen) atoms. The van der Waals surface area contributed by atoms with Crippen LogP contribution in [0.5, 0.6) is 0 Å². The van der Waals surface area contributed by atoms with Gasteiger partial charge in [0, 0.05) is 6.54 Å². The Morgan fingerprint density at radius 1 is 1.36 bits per heavy atom. The Labute approximate surface area is 128 Å². The molecule has 1 aromatic carbocycles. The van der Waals surface area contributed by atoms with Gasteiger partial charge < -0.3 is 5.32 Å². The molecule has 0 radical (unpaired) electrons. The predicted molar refractivity (Wildman–Crippen MR) is 79.5 cm³/mol. The third-order valence-electron chi connectivity index (χ3n) is 4.11. The number of nitrogens with one attached hydrogen (secondary N) is 1. The van der Waals surface area contributed by atoms with Crippen LogP contribution in [0.4, 0.5) is 18.9 Å². The van der Waals surface area contributed by atoms with Crippen LogP contribution in [-0.4, -0.2) is 29.9 Å². The summed E-state index contributed by atoms with van der Waals surface area (Å²) in [5.74, 6) is 0.109. The van der Waals surface area contributed by atoms with Gasteiger partial charge in [-0.15, -0.1) is 0 Å². The van der Waals surface area contributed by atoms with Crippen LogP contribution < -0.4 is 5.32 Å². The number of likely N-dealkylation sites (tertiary alicyclic amines) is 1. The molecule has 0 aliphatic carbocycles. The minimum Gasteiger partial charge on any atom is -0.324 e. The number of carbonyl (C=O) groups excluding carboxylic acids is 1. The Kier molecular flexibility index (Phi) is 5.11. The number of nitrogens with zero attached hydrogens (tertiary/aromatic N) is 1. The summed E-state index contributed by atoms with van der Waals surface area (Å²) >= 11 is 0. The molecule has 1 saturated heterocycles. The second-order valence-electron chi connectivity index (χ2n) is 5.95. The molecule has 1 aromatic rings. The summed E-state index contributed by atoms with van der Waals surface area (Å²) in [5.41, 5.74) is -1.00. The van der Waals surface area contributed by atoms with Gasteiger partial charge in [0.25, 0.3) is 0 Å². The molecular formula is C16H21F3N2O. The maximum Gasteiger partial charge on any atom is 0.418 e. The fraction of sp³-hybridized carbons (Fsp3) is 0.562. The lowest BCUT2D eigenvalue weighted by Crippen LogP contribution is -2.46. The number of hydrogen-bond donors (Lipinski definition) is 1. The van der Waals surface area contributed by atoms with E-state index in [9.17, 15) is 18.0 Å². The number of amides is 1. The maximum atomic E-state index is 12.9. The van der Waals surface area contributed by atoms with E-state index in [1.165, 1.54) is 18.2 Å². The highest BCUT2D eigenvalue weighted by molar-refractivity contribution is 5.95. The molecule has 0 saturated carbocycles. The van der Waals surface area contributed by atoms with Crippen molar-refractivity contribution in [1.29, 1.82) is 0 Å². The largest absolute Gasteiger partial charge is 0.418 e. The first-order valence-electron chi connectivity index (χ1n) is 7.50. The van der Waals surface area contributed by atoms with E-state index in [0.29, 0.717) is 5.92 Å². The second kappa shape index (κ2) is 6.69. The normalized spacial score (nSPS) is 21.4. The predicted octanol–water partition coefficient (Wildman–Crippen LogP) is 3.76. The van der Waals surface area contributed by atoms with Crippen LogP contribution in [0.3, 0.4) is 0 Å². The van der Waals surface area contributed by atoms with E-state index in [4.69, 9.17) is 0 Å².